The topological polar surface area (TPSA) is 53.7 Å². The number of fused-ring (bicyclic) bond motifs is 1. The summed E-state index contributed by atoms with van der Waals surface area (Å²) in [7, 11) is 0. The number of carboxylic acids is 1. The first-order valence-corrected chi connectivity index (χ1v) is 5.89. The number of nitrogens with zero attached hydrogens (tertiary/aromatic N) is 1. The predicted molar refractivity (Wildman–Crippen MR) is 66.9 cm³/mol. The van der Waals surface area contributed by atoms with Gasteiger partial charge in [0.2, 0.25) is 5.76 Å². The van der Waals surface area contributed by atoms with Crippen LogP contribution in [0.4, 0.5) is 5.88 Å². The monoisotopic (exact) mass is 243 g/mol. The molecule has 1 N–H and O–H groups in total. The zero-order valence-corrected chi connectivity index (χ0v) is 9.80. The van der Waals surface area contributed by atoms with Gasteiger partial charge >= 0.3 is 5.97 Å². The third-order valence-electron chi connectivity index (χ3n) is 3.24. The molecule has 1 aliphatic rings. The SMILES string of the molecule is O=C(O)c1ccc(N2CCc3ccccc3C2)o1. The van der Waals surface area contributed by atoms with Crippen LogP contribution in [0, 0.1) is 0 Å². The highest BCUT2D eigenvalue weighted by atomic mass is 16.4. The first kappa shape index (κ1) is 10.9. The van der Waals surface area contributed by atoms with Crippen LogP contribution in [0.3, 0.4) is 0 Å². The third-order valence-corrected chi connectivity index (χ3v) is 3.24. The van der Waals surface area contributed by atoms with Gasteiger partial charge in [0.25, 0.3) is 0 Å². The molecule has 1 aromatic carbocycles. The fourth-order valence-electron chi connectivity index (χ4n) is 2.30. The largest absolute Gasteiger partial charge is 0.475 e. The Morgan fingerprint density at radius 2 is 1.94 bits per heavy atom. The second kappa shape index (κ2) is 4.22. The summed E-state index contributed by atoms with van der Waals surface area (Å²) in [4.78, 5) is 12.8. The summed E-state index contributed by atoms with van der Waals surface area (Å²) in [6, 6.07) is 11.5. The maximum absolute atomic E-state index is 10.8. The second-order valence-corrected chi connectivity index (χ2v) is 4.38. The van der Waals surface area contributed by atoms with E-state index in [0.29, 0.717) is 5.88 Å². The van der Waals surface area contributed by atoms with Gasteiger partial charge < -0.3 is 14.4 Å². The van der Waals surface area contributed by atoms with Gasteiger partial charge in [-0.25, -0.2) is 4.79 Å². The molecule has 0 amide bonds. The van der Waals surface area contributed by atoms with Gasteiger partial charge in [0.15, 0.2) is 5.88 Å². The van der Waals surface area contributed by atoms with Crippen molar-refractivity contribution in [2.45, 2.75) is 13.0 Å². The minimum atomic E-state index is -1.03. The molecule has 18 heavy (non-hydrogen) atoms. The van der Waals surface area contributed by atoms with E-state index in [1.807, 2.05) is 12.1 Å². The average molecular weight is 243 g/mol. The van der Waals surface area contributed by atoms with Crippen molar-refractivity contribution in [1.29, 1.82) is 0 Å². The smallest absolute Gasteiger partial charge is 0.371 e. The highest BCUT2D eigenvalue weighted by Crippen LogP contribution is 2.25. The fraction of sp³-hybridized carbons (Fsp3) is 0.214. The Kier molecular flexibility index (Phi) is 2.55. The summed E-state index contributed by atoms with van der Waals surface area (Å²) in [5.41, 5.74) is 2.63. The zero-order chi connectivity index (χ0) is 12.5. The van der Waals surface area contributed by atoms with Crippen molar-refractivity contribution in [2.75, 3.05) is 11.4 Å². The summed E-state index contributed by atoms with van der Waals surface area (Å²) in [6.45, 7) is 1.62. The molecule has 0 saturated heterocycles. The third kappa shape index (κ3) is 1.86. The second-order valence-electron chi connectivity index (χ2n) is 4.38. The first-order chi connectivity index (χ1) is 8.74. The van der Waals surface area contributed by atoms with Crippen LogP contribution in [0.5, 0.6) is 0 Å². The molecule has 3 rings (SSSR count). The van der Waals surface area contributed by atoms with E-state index in [1.54, 1.807) is 6.07 Å². The lowest BCUT2D eigenvalue weighted by Crippen LogP contribution is -2.29. The van der Waals surface area contributed by atoms with Gasteiger partial charge in [-0.2, -0.15) is 0 Å². The number of benzene rings is 1. The van der Waals surface area contributed by atoms with Crippen molar-refractivity contribution in [3.63, 3.8) is 0 Å². The van der Waals surface area contributed by atoms with Crippen LogP contribution in [0.2, 0.25) is 0 Å². The Balaban J connectivity index is 1.85. The lowest BCUT2D eigenvalue weighted by atomic mass is 10.0. The van der Waals surface area contributed by atoms with Gasteiger partial charge in [-0.15, -0.1) is 0 Å². The molecule has 2 aromatic rings. The number of hydrogen-bond acceptors (Lipinski definition) is 3. The number of anilines is 1. The maximum atomic E-state index is 10.8. The van der Waals surface area contributed by atoms with E-state index < -0.39 is 5.97 Å². The molecule has 92 valence electrons. The van der Waals surface area contributed by atoms with Crippen molar-refractivity contribution in [3.8, 4) is 0 Å². The molecule has 4 nitrogen and oxygen atoms in total. The highest BCUT2D eigenvalue weighted by Gasteiger charge is 2.19. The minimum absolute atomic E-state index is 0.0103. The molecule has 0 radical (unpaired) electrons. The van der Waals surface area contributed by atoms with Crippen LogP contribution < -0.4 is 4.90 Å². The number of aromatic carboxylic acids is 1. The zero-order valence-electron chi connectivity index (χ0n) is 9.80. The number of rotatable bonds is 2. The number of furan rings is 1. The lowest BCUT2D eigenvalue weighted by molar-refractivity contribution is 0.0663. The number of carboxylic acid groups (broad SMARTS) is 1. The Morgan fingerprint density at radius 3 is 2.67 bits per heavy atom. The maximum Gasteiger partial charge on any atom is 0.371 e. The van der Waals surface area contributed by atoms with Crippen LogP contribution in [-0.4, -0.2) is 17.6 Å². The van der Waals surface area contributed by atoms with Crippen LogP contribution in [-0.2, 0) is 13.0 Å². The summed E-state index contributed by atoms with van der Waals surface area (Å²) in [5.74, 6) is -0.413. The minimum Gasteiger partial charge on any atom is -0.475 e. The van der Waals surface area contributed by atoms with Crippen molar-refractivity contribution in [1.82, 2.24) is 0 Å². The Bertz CT molecular complexity index is 588. The fourth-order valence-corrected chi connectivity index (χ4v) is 2.30. The molecule has 0 spiro atoms. The van der Waals surface area contributed by atoms with Gasteiger partial charge in [0, 0.05) is 19.2 Å². The van der Waals surface area contributed by atoms with Crippen LogP contribution >= 0.6 is 0 Å². The molecule has 0 saturated carbocycles. The van der Waals surface area contributed by atoms with Crippen molar-refractivity contribution < 1.29 is 14.3 Å². The molecule has 0 bridgehead atoms. The molecular formula is C14H13NO3. The Labute approximate surface area is 104 Å². The molecule has 0 unspecified atom stereocenters. The molecule has 1 aromatic heterocycles. The van der Waals surface area contributed by atoms with Crippen molar-refractivity contribution >= 4 is 11.9 Å². The number of carbonyl (C=O) groups is 1. The van der Waals surface area contributed by atoms with E-state index >= 15 is 0 Å². The summed E-state index contributed by atoms with van der Waals surface area (Å²) in [5, 5.41) is 8.84. The standard InChI is InChI=1S/C14H13NO3/c16-14(17)12-5-6-13(18-12)15-8-7-10-3-1-2-4-11(10)9-15/h1-6H,7-9H2,(H,16,17). The van der Waals surface area contributed by atoms with E-state index in [-0.39, 0.29) is 5.76 Å². The van der Waals surface area contributed by atoms with Gasteiger partial charge in [-0.3, -0.25) is 0 Å². The van der Waals surface area contributed by atoms with Gasteiger partial charge in [-0.1, -0.05) is 24.3 Å². The van der Waals surface area contributed by atoms with Gasteiger partial charge in [0.05, 0.1) is 0 Å². The Morgan fingerprint density at radius 1 is 1.17 bits per heavy atom. The normalized spacial score (nSPS) is 14.3. The van der Waals surface area contributed by atoms with Crippen LogP contribution in [0.15, 0.2) is 40.8 Å². The average Bonchev–Trinajstić information content (AvgIpc) is 2.88. The van der Waals surface area contributed by atoms with E-state index in [0.717, 1.165) is 19.5 Å². The molecule has 0 atom stereocenters. The summed E-state index contributed by atoms with van der Waals surface area (Å²) < 4.78 is 5.33. The van der Waals surface area contributed by atoms with Crippen molar-refractivity contribution in [3.05, 3.63) is 53.3 Å². The van der Waals surface area contributed by atoms with E-state index in [4.69, 9.17) is 9.52 Å². The summed E-state index contributed by atoms with van der Waals surface area (Å²) >= 11 is 0. The van der Waals surface area contributed by atoms with E-state index in [1.165, 1.54) is 17.2 Å². The molecular weight excluding hydrogens is 230 g/mol. The summed E-state index contributed by atoms with van der Waals surface area (Å²) in [6.07, 6.45) is 0.958. The molecule has 0 aliphatic carbocycles. The van der Waals surface area contributed by atoms with Crippen LogP contribution in [0.1, 0.15) is 21.7 Å². The molecule has 1 aliphatic heterocycles. The lowest BCUT2D eigenvalue weighted by Gasteiger charge is -2.28. The predicted octanol–water partition coefficient (Wildman–Crippen LogP) is 2.54. The molecule has 2 heterocycles. The van der Waals surface area contributed by atoms with Crippen molar-refractivity contribution in [2.24, 2.45) is 0 Å². The molecule has 4 heteroatoms. The van der Waals surface area contributed by atoms with E-state index in [2.05, 4.69) is 17.0 Å². The van der Waals surface area contributed by atoms with Crippen LogP contribution in [0.25, 0.3) is 0 Å². The molecule has 0 fully saturated rings. The highest BCUT2D eigenvalue weighted by molar-refractivity contribution is 5.84. The Hall–Kier alpha value is -2.23. The van der Waals surface area contributed by atoms with E-state index in [9.17, 15) is 4.79 Å². The van der Waals surface area contributed by atoms with Gasteiger partial charge in [-0.05, 0) is 23.6 Å². The van der Waals surface area contributed by atoms with Gasteiger partial charge in [0.1, 0.15) is 0 Å². The number of hydrogen-bond donors (Lipinski definition) is 1. The quantitative estimate of drug-likeness (QED) is 0.880. The first-order valence-electron chi connectivity index (χ1n) is 5.89.